The molecule has 1 aliphatic heterocycles. The summed E-state index contributed by atoms with van der Waals surface area (Å²) in [4.78, 5) is 15.3. The SMILES string of the molecule is Cc1ccc(N)cc1N1CCN(C)C1=O. The van der Waals surface area contributed by atoms with Crippen molar-refractivity contribution in [3.05, 3.63) is 23.8 Å². The number of rotatable bonds is 1. The Labute approximate surface area is 89.3 Å². The smallest absolute Gasteiger partial charge is 0.324 e. The number of carbonyl (C=O) groups is 1. The number of benzene rings is 1. The molecule has 2 amide bonds. The van der Waals surface area contributed by atoms with Gasteiger partial charge in [-0.2, -0.15) is 0 Å². The number of nitrogens with zero attached hydrogens (tertiary/aromatic N) is 2. The Morgan fingerprint density at radius 3 is 2.67 bits per heavy atom. The summed E-state index contributed by atoms with van der Waals surface area (Å²) in [6.45, 7) is 3.49. The van der Waals surface area contributed by atoms with Gasteiger partial charge in [0.05, 0.1) is 5.69 Å². The second-order valence-corrected chi connectivity index (χ2v) is 3.90. The molecule has 2 N–H and O–H groups in total. The number of hydrogen-bond donors (Lipinski definition) is 1. The fourth-order valence-electron chi connectivity index (χ4n) is 1.79. The molecule has 0 unspecified atom stereocenters. The fraction of sp³-hybridized carbons (Fsp3) is 0.364. The summed E-state index contributed by atoms with van der Waals surface area (Å²) >= 11 is 0. The number of carbonyl (C=O) groups excluding carboxylic acids is 1. The number of hydrogen-bond acceptors (Lipinski definition) is 2. The van der Waals surface area contributed by atoms with Crippen LogP contribution in [0.3, 0.4) is 0 Å². The highest BCUT2D eigenvalue weighted by atomic mass is 16.2. The van der Waals surface area contributed by atoms with Crippen LogP contribution in [0.1, 0.15) is 5.56 Å². The van der Waals surface area contributed by atoms with Gasteiger partial charge in [0.25, 0.3) is 0 Å². The summed E-state index contributed by atoms with van der Waals surface area (Å²) < 4.78 is 0. The van der Waals surface area contributed by atoms with Gasteiger partial charge in [0.15, 0.2) is 0 Å². The second-order valence-electron chi connectivity index (χ2n) is 3.90. The van der Waals surface area contributed by atoms with Crippen molar-refractivity contribution >= 4 is 17.4 Å². The topological polar surface area (TPSA) is 49.6 Å². The summed E-state index contributed by atoms with van der Waals surface area (Å²) in [5, 5.41) is 0. The molecule has 1 aromatic rings. The molecule has 0 radical (unpaired) electrons. The molecule has 0 aliphatic carbocycles. The second kappa shape index (κ2) is 3.46. The molecular weight excluding hydrogens is 190 g/mol. The average Bonchev–Trinajstić information content (AvgIpc) is 2.52. The van der Waals surface area contributed by atoms with E-state index in [1.54, 1.807) is 9.80 Å². The number of likely N-dealkylation sites (N-methyl/N-ethyl adjacent to an activating group) is 1. The van der Waals surface area contributed by atoms with Crippen molar-refractivity contribution in [2.24, 2.45) is 0 Å². The number of amides is 2. The van der Waals surface area contributed by atoms with E-state index in [0.717, 1.165) is 24.3 Å². The monoisotopic (exact) mass is 205 g/mol. The Hall–Kier alpha value is -1.71. The molecule has 1 heterocycles. The third-order valence-electron chi connectivity index (χ3n) is 2.74. The standard InChI is InChI=1S/C11H15N3O/c1-8-3-4-9(12)7-10(8)14-6-5-13(2)11(14)15/h3-4,7H,5-6,12H2,1-2H3. The highest BCUT2D eigenvalue weighted by molar-refractivity contribution is 5.95. The number of urea groups is 1. The Kier molecular flexibility index (Phi) is 2.26. The van der Waals surface area contributed by atoms with Crippen LogP contribution in [0, 0.1) is 6.92 Å². The van der Waals surface area contributed by atoms with E-state index in [1.165, 1.54) is 0 Å². The maximum Gasteiger partial charge on any atom is 0.324 e. The lowest BCUT2D eigenvalue weighted by Crippen LogP contribution is -2.29. The molecule has 4 heteroatoms. The van der Waals surface area contributed by atoms with Crippen molar-refractivity contribution in [3.63, 3.8) is 0 Å². The van der Waals surface area contributed by atoms with E-state index in [2.05, 4.69) is 0 Å². The van der Waals surface area contributed by atoms with Crippen LogP contribution in [0.25, 0.3) is 0 Å². The Bertz CT molecular complexity index is 403. The van der Waals surface area contributed by atoms with Gasteiger partial charge < -0.3 is 10.6 Å². The predicted molar refractivity (Wildman–Crippen MR) is 61.0 cm³/mol. The molecule has 0 atom stereocenters. The molecule has 1 fully saturated rings. The predicted octanol–water partition coefficient (Wildman–Crippen LogP) is 1.45. The Morgan fingerprint density at radius 2 is 2.07 bits per heavy atom. The highest BCUT2D eigenvalue weighted by Crippen LogP contribution is 2.25. The molecule has 0 bridgehead atoms. The van der Waals surface area contributed by atoms with Crippen LogP contribution in [0.15, 0.2) is 18.2 Å². The zero-order valence-electron chi connectivity index (χ0n) is 9.03. The van der Waals surface area contributed by atoms with Crippen molar-refractivity contribution in [2.45, 2.75) is 6.92 Å². The molecule has 1 aliphatic rings. The first-order valence-corrected chi connectivity index (χ1v) is 4.98. The van der Waals surface area contributed by atoms with E-state index in [0.29, 0.717) is 5.69 Å². The van der Waals surface area contributed by atoms with Crippen molar-refractivity contribution in [1.82, 2.24) is 4.90 Å². The molecule has 1 aromatic carbocycles. The number of nitrogen functional groups attached to an aromatic ring is 1. The van der Waals surface area contributed by atoms with Gasteiger partial charge in [0.1, 0.15) is 0 Å². The molecular formula is C11H15N3O. The minimum atomic E-state index is 0.0451. The third kappa shape index (κ3) is 1.63. The minimum absolute atomic E-state index is 0.0451. The molecule has 80 valence electrons. The van der Waals surface area contributed by atoms with Crippen LogP contribution in [0.4, 0.5) is 16.2 Å². The van der Waals surface area contributed by atoms with Crippen LogP contribution >= 0.6 is 0 Å². The lowest BCUT2D eigenvalue weighted by atomic mass is 10.1. The zero-order valence-corrected chi connectivity index (χ0v) is 9.03. The molecule has 0 saturated carbocycles. The fourth-order valence-corrected chi connectivity index (χ4v) is 1.79. The molecule has 4 nitrogen and oxygen atoms in total. The normalized spacial score (nSPS) is 16.3. The van der Waals surface area contributed by atoms with Gasteiger partial charge in [0, 0.05) is 25.8 Å². The van der Waals surface area contributed by atoms with E-state index in [4.69, 9.17) is 5.73 Å². The zero-order chi connectivity index (χ0) is 11.0. The Balaban J connectivity index is 2.37. The minimum Gasteiger partial charge on any atom is -0.399 e. The van der Waals surface area contributed by atoms with Crippen LogP contribution in [-0.2, 0) is 0 Å². The first kappa shape index (κ1) is 9.83. The lowest BCUT2D eigenvalue weighted by Gasteiger charge is -2.18. The number of aryl methyl sites for hydroxylation is 1. The van der Waals surface area contributed by atoms with Gasteiger partial charge in [-0.3, -0.25) is 4.90 Å². The summed E-state index contributed by atoms with van der Waals surface area (Å²) in [6.07, 6.45) is 0. The summed E-state index contributed by atoms with van der Waals surface area (Å²) in [5.41, 5.74) is 8.41. The van der Waals surface area contributed by atoms with Gasteiger partial charge in [-0.15, -0.1) is 0 Å². The lowest BCUT2D eigenvalue weighted by molar-refractivity contribution is 0.229. The van der Waals surface area contributed by atoms with Crippen LogP contribution in [0.5, 0.6) is 0 Å². The van der Waals surface area contributed by atoms with Gasteiger partial charge in [-0.1, -0.05) is 6.07 Å². The van der Waals surface area contributed by atoms with E-state index in [1.807, 2.05) is 32.2 Å². The summed E-state index contributed by atoms with van der Waals surface area (Å²) in [6, 6.07) is 5.69. The Morgan fingerprint density at radius 1 is 1.33 bits per heavy atom. The van der Waals surface area contributed by atoms with Gasteiger partial charge in [0.2, 0.25) is 0 Å². The van der Waals surface area contributed by atoms with E-state index < -0.39 is 0 Å². The van der Waals surface area contributed by atoms with Crippen molar-refractivity contribution in [2.75, 3.05) is 30.8 Å². The van der Waals surface area contributed by atoms with Gasteiger partial charge >= 0.3 is 6.03 Å². The van der Waals surface area contributed by atoms with Crippen molar-refractivity contribution in [3.8, 4) is 0 Å². The largest absolute Gasteiger partial charge is 0.399 e. The molecule has 0 aromatic heterocycles. The summed E-state index contributed by atoms with van der Waals surface area (Å²) in [7, 11) is 1.81. The van der Waals surface area contributed by atoms with E-state index >= 15 is 0 Å². The first-order valence-electron chi connectivity index (χ1n) is 4.98. The van der Waals surface area contributed by atoms with E-state index in [-0.39, 0.29) is 6.03 Å². The van der Waals surface area contributed by atoms with Crippen LogP contribution in [0.2, 0.25) is 0 Å². The van der Waals surface area contributed by atoms with Crippen LogP contribution < -0.4 is 10.6 Å². The highest BCUT2D eigenvalue weighted by Gasteiger charge is 2.27. The van der Waals surface area contributed by atoms with E-state index in [9.17, 15) is 4.79 Å². The molecule has 1 saturated heterocycles. The number of nitrogens with two attached hydrogens (primary N) is 1. The quantitative estimate of drug-likeness (QED) is 0.705. The summed E-state index contributed by atoms with van der Waals surface area (Å²) in [5.74, 6) is 0. The molecule has 2 rings (SSSR count). The van der Waals surface area contributed by atoms with Gasteiger partial charge in [-0.25, -0.2) is 4.79 Å². The van der Waals surface area contributed by atoms with Crippen molar-refractivity contribution in [1.29, 1.82) is 0 Å². The number of anilines is 2. The maximum atomic E-state index is 11.8. The van der Waals surface area contributed by atoms with Gasteiger partial charge in [-0.05, 0) is 24.6 Å². The molecule has 15 heavy (non-hydrogen) atoms. The van der Waals surface area contributed by atoms with Crippen molar-refractivity contribution < 1.29 is 4.79 Å². The maximum absolute atomic E-state index is 11.8. The first-order chi connectivity index (χ1) is 7.09. The average molecular weight is 205 g/mol. The van der Waals surface area contributed by atoms with Crippen LogP contribution in [-0.4, -0.2) is 31.1 Å². The third-order valence-corrected chi connectivity index (χ3v) is 2.74. The molecule has 0 spiro atoms.